The first-order chi connectivity index (χ1) is 31.0. The highest BCUT2D eigenvalue weighted by Crippen LogP contribution is 2.64. The lowest BCUT2D eigenvalue weighted by molar-refractivity contribution is -0.346. The van der Waals surface area contributed by atoms with Gasteiger partial charge in [-0.3, -0.25) is 14.5 Å². The van der Waals surface area contributed by atoms with E-state index in [1.54, 1.807) is 90.1 Å². The van der Waals surface area contributed by atoms with Gasteiger partial charge in [0.2, 0.25) is 0 Å². The highest BCUT2D eigenvalue weighted by molar-refractivity contribution is 7.99. The SMILES string of the molecule is CC(=O)O[C@@]12CO[C@@H]1C[C@H](O)[C@@]1(C)C(=O)[C@H](OCCN3CCSCC3)C3=C(C)[C@@H](OC(=O)[C@H](O)[C@@H](NC(=O)OC(C)(C)C)c4ccccc4)C[C@@](O)([C@@H](OC(=O)c4ccccc4)[C@H]21)C3(C)C. The van der Waals surface area contributed by atoms with Crippen LogP contribution in [0.1, 0.15) is 90.2 Å². The number of fused-ring (bicyclic) bond motifs is 5. The number of carbonyl (C=O) groups excluding carboxylic acids is 5. The second-order valence-corrected chi connectivity index (χ2v) is 21.1. The molecule has 4 fully saturated rings. The van der Waals surface area contributed by atoms with Crippen molar-refractivity contribution in [3.05, 3.63) is 82.9 Å². The number of ether oxygens (including phenoxy) is 6. The van der Waals surface area contributed by atoms with E-state index in [0.29, 0.717) is 17.7 Å². The van der Waals surface area contributed by atoms with Crippen molar-refractivity contribution in [2.45, 2.75) is 128 Å². The van der Waals surface area contributed by atoms with Crippen molar-refractivity contribution in [3.8, 4) is 0 Å². The van der Waals surface area contributed by atoms with E-state index in [-0.39, 0.29) is 30.8 Å². The average Bonchev–Trinajstić information content (AvgIpc) is 3.26. The zero-order valence-corrected chi connectivity index (χ0v) is 39.8. The fourth-order valence-corrected chi connectivity index (χ4v) is 11.8. The Balaban J connectivity index is 1.38. The fraction of sp³-hybridized carbons (Fsp3) is 0.612. The molecule has 0 radical (unpaired) electrons. The number of amides is 1. The van der Waals surface area contributed by atoms with Gasteiger partial charge in [-0.15, -0.1) is 0 Å². The lowest BCUT2D eigenvalue weighted by atomic mass is 9.44. The second-order valence-electron chi connectivity index (χ2n) is 19.9. The van der Waals surface area contributed by atoms with Gasteiger partial charge in [0.05, 0.1) is 42.3 Å². The van der Waals surface area contributed by atoms with Crippen LogP contribution < -0.4 is 5.32 Å². The maximum Gasteiger partial charge on any atom is 0.408 e. The maximum absolute atomic E-state index is 15.9. The predicted molar refractivity (Wildman–Crippen MR) is 241 cm³/mol. The molecule has 2 saturated heterocycles. The number of thioether (sulfide) groups is 1. The highest BCUT2D eigenvalue weighted by atomic mass is 32.2. The monoisotopic (exact) mass is 936 g/mol. The van der Waals surface area contributed by atoms with E-state index in [2.05, 4.69) is 10.2 Å². The molecule has 0 unspecified atom stereocenters. The van der Waals surface area contributed by atoms with E-state index in [1.807, 2.05) is 11.8 Å². The number of benzene rings is 2. The van der Waals surface area contributed by atoms with Gasteiger partial charge < -0.3 is 49.1 Å². The zero-order chi connectivity index (χ0) is 48.0. The standard InChI is InChI=1S/C49H64N2O14S/c1-28-32(62-43(57)37(54)36(30-15-11-9-12-16-30)50-44(58)65-45(3,4)5)26-49(59)41(63-42(56)31-17-13-10-14-18-31)39-47(8,33(53)25-34-48(39,27-61-34)64-29(2)52)40(55)38(35(28)46(49,6)7)60-22-19-51-20-23-66-24-21-51/h9-18,32-34,36-39,41,53-54,59H,19-27H2,1-8H3,(H,50,58)/t32-,33-,34+,36-,37+,38+,39-,41-,47+,48-,49+/m0/s1. The lowest BCUT2D eigenvalue weighted by Crippen LogP contribution is -2.82. The number of ketones is 1. The van der Waals surface area contributed by atoms with Crippen LogP contribution in [0.5, 0.6) is 0 Å². The van der Waals surface area contributed by atoms with E-state index < -0.39 is 112 Å². The van der Waals surface area contributed by atoms with Crippen LogP contribution in [0.2, 0.25) is 0 Å². The first-order valence-corrected chi connectivity index (χ1v) is 23.8. The van der Waals surface area contributed by atoms with Gasteiger partial charge in [-0.25, -0.2) is 14.4 Å². The molecule has 2 bridgehead atoms. The highest BCUT2D eigenvalue weighted by Gasteiger charge is 2.78. The van der Waals surface area contributed by atoms with Crippen molar-refractivity contribution in [2.75, 3.05) is 44.4 Å². The molecule has 7 rings (SSSR count). The van der Waals surface area contributed by atoms with Gasteiger partial charge in [0, 0.05) is 56.3 Å². The Hall–Kier alpha value is -4.36. The van der Waals surface area contributed by atoms with Gasteiger partial charge in [0.15, 0.2) is 17.5 Å². The minimum atomic E-state index is -2.29. The molecular formula is C49H64N2O14S. The molecule has 66 heavy (non-hydrogen) atoms. The molecule has 360 valence electrons. The van der Waals surface area contributed by atoms with Crippen molar-refractivity contribution in [3.63, 3.8) is 0 Å². The molecule has 17 heteroatoms. The van der Waals surface area contributed by atoms with Gasteiger partial charge in [0.1, 0.15) is 35.6 Å². The Labute approximate surface area is 390 Å². The Bertz CT molecular complexity index is 2180. The number of alkyl carbamates (subject to hydrolysis) is 1. The maximum atomic E-state index is 15.9. The number of aliphatic hydroxyl groups excluding tert-OH is 2. The Morgan fingerprint density at radius 1 is 0.985 bits per heavy atom. The third kappa shape index (κ3) is 9.16. The first kappa shape index (κ1) is 49.5. The Morgan fingerprint density at radius 3 is 2.21 bits per heavy atom. The Morgan fingerprint density at radius 2 is 1.62 bits per heavy atom. The largest absolute Gasteiger partial charge is 0.456 e. The molecule has 4 N–H and O–H groups in total. The quantitative estimate of drug-likeness (QED) is 0.132. The van der Waals surface area contributed by atoms with Crippen LogP contribution in [0.15, 0.2) is 71.8 Å². The van der Waals surface area contributed by atoms with Gasteiger partial charge in [-0.05, 0) is 63.5 Å². The molecule has 5 aliphatic rings. The summed E-state index contributed by atoms with van der Waals surface area (Å²) < 4.78 is 37.1. The van der Waals surface area contributed by atoms with Gasteiger partial charge in [0.25, 0.3) is 0 Å². The van der Waals surface area contributed by atoms with E-state index in [1.165, 1.54) is 26.0 Å². The molecule has 2 saturated carbocycles. The molecule has 2 aromatic rings. The molecule has 1 amide bonds. The van der Waals surface area contributed by atoms with Crippen LogP contribution >= 0.6 is 11.8 Å². The summed E-state index contributed by atoms with van der Waals surface area (Å²) in [6.45, 7) is 14.7. The topological polar surface area (TPSA) is 217 Å². The predicted octanol–water partition coefficient (Wildman–Crippen LogP) is 4.33. The van der Waals surface area contributed by atoms with Crippen molar-refractivity contribution in [1.82, 2.24) is 10.2 Å². The van der Waals surface area contributed by atoms with E-state index in [9.17, 15) is 34.5 Å². The number of hydrogen-bond acceptors (Lipinski definition) is 16. The van der Waals surface area contributed by atoms with E-state index in [0.717, 1.165) is 24.6 Å². The summed E-state index contributed by atoms with van der Waals surface area (Å²) in [6, 6.07) is 15.0. The number of esters is 3. The number of nitrogens with one attached hydrogen (secondary N) is 1. The summed E-state index contributed by atoms with van der Waals surface area (Å²) in [5.41, 5.74) is -7.30. The number of nitrogens with zero attached hydrogens (tertiary/aromatic N) is 1. The van der Waals surface area contributed by atoms with Crippen LogP contribution in [-0.2, 0) is 42.8 Å². The van der Waals surface area contributed by atoms with Gasteiger partial charge in [-0.1, -0.05) is 62.4 Å². The van der Waals surface area contributed by atoms with Crippen molar-refractivity contribution in [1.29, 1.82) is 0 Å². The fourth-order valence-electron chi connectivity index (χ4n) is 10.8. The van der Waals surface area contributed by atoms with Gasteiger partial charge in [-0.2, -0.15) is 11.8 Å². The molecule has 2 aromatic carbocycles. The van der Waals surface area contributed by atoms with Crippen LogP contribution in [0, 0.1) is 16.7 Å². The third-order valence-corrected chi connectivity index (χ3v) is 15.3. The Kier molecular flexibility index (Phi) is 14.2. The van der Waals surface area contributed by atoms with Crippen LogP contribution in [0.3, 0.4) is 0 Å². The summed E-state index contributed by atoms with van der Waals surface area (Å²) >= 11 is 1.85. The number of carbonyl (C=O) groups is 5. The number of Topliss-reactive ketones (excluding diaryl/α,β-unsaturated/α-hetero) is 1. The van der Waals surface area contributed by atoms with Crippen LogP contribution in [0.4, 0.5) is 4.79 Å². The summed E-state index contributed by atoms with van der Waals surface area (Å²) in [7, 11) is 0. The number of aliphatic hydroxyl groups is 3. The summed E-state index contributed by atoms with van der Waals surface area (Å²) in [6.07, 6.45) is -10.6. The van der Waals surface area contributed by atoms with Crippen molar-refractivity contribution in [2.24, 2.45) is 16.7 Å². The lowest BCUT2D eigenvalue weighted by Gasteiger charge is -2.67. The zero-order valence-electron chi connectivity index (χ0n) is 38.9. The minimum Gasteiger partial charge on any atom is -0.456 e. The van der Waals surface area contributed by atoms with Crippen LogP contribution in [-0.4, -0.2) is 148 Å². The average molecular weight is 937 g/mol. The van der Waals surface area contributed by atoms with E-state index in [4.69, 9.17) is 28.4 Å². The summed E-state index contributed by atoms with van der Waals surface area (Å²) in [4.78, 5) is 73.3. The number of hydrogen-bond donors (Lipinski definition) is 4. The molecule has 2 heterocycles. The van der Waals surface area contributed by atoms with Gasteiger partial charge >= 0.3 is 24.0 Å². The normalized spacial score (nSPS) is 32.7. The minimum absolute atomic E-state index is 0.0642. The number of rotatable bonds is 12. The molecule has 0 aromatic heterocycles. The first-order valence-electron chi connectivity index (χ1n) is 22.6. The molecule has 16 nitrogen and oxygen atoms in total. The molecule has 0 spiro atoms. The van der Waals surface area contributed by atoms with Crippen molar-refractivity contribution < 1.29 is 67.7 Å². The molecule has 2 aliphatic heterocycles. The summed E-state index contributed by atoms with van der Waals surface area (Å²) in [5, 5.41) is 40.7. The second kappa shape index (κ2) is 19.0. The van der Waals surface area contributed by atoms with Crippen LogP contribution in [0.25, 0.3) is 0 Å². The smallest absolute Gasteiger partial charge is 0.408 e. The molecule has 11 atom stereocenters. The summed E-state index contributed by atoms with van der Waals surface area (Å²) in [5.74, 6) is -2.99. The molecular weight excluding hydrogens is 873 g/mol. The molecule has 3 aliphatic carbocycles. The van der Waals surface area contributed by atoms with Crippen molar-refractivity contribution >= 4 is 41.5 Å². The van der Waals surface area contributed by atoms with E-state index >= 15 is 4.79 Å². The third-order valence-electron chi connectivity index (χ3n) is 14.3.